The van der Waals surface area contributed by atoms with Gasteiger partial charge in [-0.3, -0.25) is 0 Å². The highest BCUT2D eigenvalue weighted by atomic mass is 15.3. The summed E-state index contributed by atoms with van der Waals surface area (Å²) in [4.78, 5) is 6.46. The lowest BCUT2D eigenvalue weighted by Gasteiger charge is -2.29. The minimum Gasteiger partial charge on any atom is -0.367 e. The van der Waals surface area contributed by atoms with Crippen LogP contribution in [0, 0.1) is 0 Å². The average molecular weight is 204 g/mol. The number of aromatic amines is 1. The van der Waals surface area contributed by atoms with Gasteiger partial charge in [0.15, 0.2) is 5.52 Å². The second-order valence-electron chi connectivity index (χ2n) is 3.56. The number of hydrogen-bond donors (Lipinski definition) is 2. The van der Waals surface area contributed by atoms with E-state index in [-0.39, 0.29) is 0 Å². The molecular weight excluding hydrogens is 192 g/mol. The van der Waals surface area contributed by atoms with Crippen molar-refractivity contribution in [1.29, 1.82) is 0 Å². The number of hydrogen-bond acceptors (Lipinski definition) is 5. The largest absolute Gasteiger partial charge is 0.367 e. The summed E-state index contributed by atoms with van der Waals surface area (Å²) in [6.07, 6.45) is 1.78. The fourth-order valence-electron chi connectivity index (χ4n) is 1.91. The van der Waals surface area contributed by atoms with E-state index in [9.17, 15) is 0 Å². The number of anilines is 1. The predicted octanol–water partition coefficient (Wildman–Crippen LogP) is -0.238. The molecule has 15 heavy (non-hydrogen) atoms. The number of fused-ring (bicyclic) bond motifs is 1. The first-order valence-corrected chi connectivity index (χ1v) is 5.06. The standard InChI is InChI=1S/C9H12N6/c1-2-11-9-8(12-14-13-9)7(1)15-5-3-10-4-6-15/h1-2,10H,3-6H2,(H,11,12,13,14). The number of pyridine rings is 1. The van der Waals surface area contributed by atoms with Crippen molar-refractivity contribution in [1.82, 2.24) is 25.7 Å². The Labute approximate surface area is 86.7 Å². The number of nitrogens with zero attached hydrogens (tertiary/aromatic N) is 4. The molecule has 0 aromatic carbocycles. The van der Waals surface area contributed by atoms with E-state index >= 15 is 0 Å². The van der Waals surface area contributed by atoms with Crippen LogP contribution in [0.2, 0.25) is 0 Å². The molecule has 6 heteroatoms. The summed E-state index contributed by atoms with van der Waals surface area (Å²) in [6.45, 7) is 4.04. The monoisotopic (exact) mass is 204 g/mol. The van der Waals surface area contributed by atoms with Crippen molar-refractivity contribution in [2.45, 2.75) is 0 Å². The van der Waals surface area contributed by atoms with Gasteiger partial charge in [0.1, 0.15) is 0 Å². The van der Waals surface area contributed by atoms with Crippen LogP contribution in [-0.4, -0.2) is 46.6 Å². The van der Waals surface area contributed by atoms with Gasteiger partial charge in [0, 0.05) is 32.4 Å². The van der Waals surface area contributed by atoms with E-state index in [4.69, 9.17) is 0 Å². The Bertz CT molecular complexity index is 458. The maximum atomic E-state index is 4.15. The predicted molar refractivity (Wildman–Crippen MR) is 56.8 cm³/mol. The normalized spacial score (nSPS) is 17.2. The summed E-state index contributed by atoms with van der Waals surface area (Å²) in [5.41, 5.74) is 2.67. The maximum Gasteiger partial charge on any atom is 0.203 e. The summed E-state index contributed by atoms with van der Waals surface area (Å²) >= 11 is 0. The van der Waals surface area contributed by atoms with E-state index in [1.807, 2.05) is 6.07 Å². The van der Waals surface area contributed by atoms with Gasteiger partial charge in [-0.25, -0.2) is 4.98 Å². The molecule has 0 spiro atoms. The molecule has 0 unspecified atom stereocenters. The second-order valence-corrected chi connectivity index (χ2v) is 3.56. The molecule has 1 saturated heterocycles. The maximum absolute atomic E-state index is 4.15. The smallest absolute Gasteiger partial charge is 0.203 e. The molecule has 0 amide bonds. The van der Waals surface area contributed by atoms with Crippen molar-refractivity contribution in [2.75, 3.05) is 31.1 Å². The van der Waals surface area contributed by atoms with Crippen molar-refractivity contribution in [3.8, 4) is 0 Å². The van der Waals surface area contributed by atoms with Crippen LogP contribution >= 0.6 is 0 Å². The van der Waals surface area contributed by atoms with Crippen molar-refractivity contribution in [3.05, 3.63) is 12.3 Å². The third-order valence-corrected chi connectivity index (χ3v) is 2.66. The lowest BCUT2D eigenvalue weighted by molar-refractivity contribution is 0.590. The lowest BCUT2D eigenvalue weighted by Crippen LogP contribution is -2.43. The number of rotatable bonds is 1. The van der Waals surface area contributed by atoms with E-state index in [2.05, 4.69) is 30.6 Å². The average Bonchev–Trinajstić information content (AvgIpc) is 2.78. The zero-order valence-corrected chi connectivity index (χ0v) is 8.27. The topological polar surface area (TPSA) is 69.7 Å². The van der Waals surface area contributed by atoms with Gasteiger partial charge in [0.25, 0.3) is 0 Å². The molecule has 2 aromatic heterocycles. The Kier molecular flexibility index (Phi) is 1.99. The SMILES string of the molecule is c1cc(N2CCNCC2)c2n[nH]nc2n1. The van der Waals surface area contributed by atoms with Crippen molar-refractivity contribution in [3.63, 3.8) is 0 Å². The third kappa shape index (κ3) is 1.42. The van der Waals surface area contributed by atoms with Crippen LogP contribution in [0.4, 0.5) is 5.69 Å². The molecule has 1 fully saturated rings. The van der Waals surface area contributed by atoms with Gasteiger partial charge in [-0.1, -0.05) is 0 Å². The Balaban J connectivity index is 2.05. The van der Waals surface area contributed by atoms with E-state index in [0.717, 1.165) is 37.4 Å². The van der Waals surface area contributed by atoms with Gasteiger partial charge in [0.05, 0.1) is 5.69 Å². The quantitative estimate of drug-likeness (QED) is 0.671. The molecule has 0 atom stereocenters. The van der Waals surface area contributed by atoms with E-state index in [1.165, 1.54) is 0 Å². The molecule has 2 aromatic rings. The summed E-state index contributed by atoms with van der Waals surface area (Å²) in [5.74, 6) is 0. The van der Waals surface area contributed by atoms with Gasteiger partial charge < -0.3 is 10.2 Å². The molecule has 0 saturated carbocycles. The molecule has 6 nitrogen and oxygen atoms in total. The van der Waals surface area contributed by atoms with Gasteiger partial charge in [-0.2, -0.15) is 10.3 Å². The van der Waals surface area contributed by atoms with Gasteiger partial charge in [-0.15, -0.1) is 5.10 Å². The van der Waals surface area contributed by atoms with Gasteiger partial charge in [0.2, 0.25) is 5.65 Å². The fourth-order valence-corrected chi connectivity index (χ4v) is 1.91. The van der Waals surface area contributed by atoms with Crippen LogP contribution in [0.25, 0.3) is 11.2 Å². The fraction of sp³-hybridized carbons (Fsp3) is 0.444. The number of piperazine rings is 1. The molecule has 0 radical (unpaired) electrons. The highest BCUT2D eigenvalue weighted by Crippen LogP contribution is 2.21. The first-order valence-electron chi connectivity index (χ1n) is 5.06. The number of nitrogens with one attached hydrogen (secondary N) is 2. The molecule has 3 heterocycles. The number of aromatic nitrogens is 4. The zero-order valence-electron chi connectivity index (χ0n) is 8.27. The molecule has 1 aliphatic rings. The molecule has 3 rings (SSSR count). The summed E-state index contributed by atoms with van der Waals surface area (Å²) in [6, 6.07) is 2.00. The highest BCUT2D eigenvalue weighted by Gasteiger charge is 2.15. The lowest BCUT2D eigenvalue weighted by atomic mass is 10.3. The van der Waals surface area contributed by atoms with Crippen LogP contribution in [0.15, 0.2) is 12.3 Å². The molecule has 2 N–H and O–H groups in total. The molecule has 78 valence electrons. The van der Waals surface area contributed by atoms with Crippen molar-refractivity contribution in [2.24, 2.45) is 0 Å². The minimum atomic E-state index is 0.686. The summed E-state index contributed by atoms with van der Waals surface area (Å²) in [5, 5.41) is 14.1. The number of H-pyrrole nitrogens is 1. The first kappa shape index (κ1) is 8.60. The Morgan fingerprint density at radius 2 is 2.07 bits per heavy atom. The Morgan fingerprint density at radius 1 is 1.20 bits per heavy atom. The van der Waals surface area contributed by atoms with Crippen LogP contribution in [0.3, 0.4) is 0 Å². The zero-order chi connectivity index (χ0) is 10.1. The minimum absolute atomic E-state index is 0.686. The molecule has 0 bridgehead atoms. The van der Waals surface area contributed by atoms with Crippen molar-refractivity contribution < 1.29 is 0 Å². The summed E-state index contributed by atoms with van der Waals surface area (Å²) in [7, 11) is 0. The van der Waals surface area contributed by atoms with Gasteiger partial charge >= 0.3 is 0 Å². The summed E-state index contributed by atoms with van der Waals surface area (Å²) < 4.78 is 0. The van der Waals surface area contributed by atoms with Gasteiger partial charge in [-0.05, 0) is 6.07 Å². The van der Waals surface area contributed by atoms with Crippen LogP contribution in [-0.2, 0) is 0 Å². The Morgan fingerprint density at radius 3 is 2.93 bits per heavy atom. The van der Waals surface area contributed by atoms with E-state index < -0.39 is 0 Å². The van der Waals surface area contributed by atoms with E-state index in [0.29, 0.717) is 5.65 Å². The molecule has 0 aliphatic carbocycles. The van der Waals surface area contributed by atoms with Crippen LogP contribution < -0.4 is 10.2 Å². The van der Waals surface area contributed by atoms with Crippen molar-refractivity contribution >= 4 is 16.9 Å². The molecular formula is C9H12N6. The van der Waals surface area contributed by atoms with E-state index in [1.54, 1.807) is 6.20 Å². The van der Waals surface area contributed by atoms with Crippen LogP contribution in [0.1, 0.15) is 0 Å². The molecule has 1 aliphatic heterocycles. The second kappa shape index (κ2) is 3.47. The Hall–Kier alpha value is -1.69. The van der Waals surface area contributed by atoms with Crippen LogP contribution in [0.5, 0.6) is 0 Å². The first-order chi connectivity index (χ1) is 7.45. The third-order valence-electron chi connectivity index (χ3n) is 2.66. The highest BCUT2D eigenvalue weighted by molar-refractivity contribution is 5.84.